The van der Waals surface area contributed by atoms with E-state index in [1.807, 2.05) is 12.1 Å². The maximum Gasteiger partial charge on any atom is 0.137 e. The Kier molecular flexibility index (Phi) is 4.85. The van der Waals surface area contributed by atoms with E-state index in [-0.39, 0.29) is 5.82 Å². The lowest BCUT2D eigenvalue weighted by molar-refractivity contribution is 0.245. The van der Waals surface area contributed by atoms with Crippen molar-refractivity contribution in [1.82, 2.24) is 5.32 Å². The summed E-state index contributed by atoms with van der Waals surface area (Å²) in [5.74, 6) is 0.614. The van der Waals surface area contributed by atoms with E-state index in [0.29, 0.717) is 16.6 Å². The summed E-state index contributed by atoms with van der Waals surface area (Å²) >= 11 is 3.31. The first-order valence-electron chi connectivity index (χ1n) is 8.10. The van der Waals surface area contributed by atoms with E-state index in [2.05, 4.69) is 33.1 Å². The van der Waals surface area contributed by atoms with Crippen molar-refractivity contribution in [1.29, 1.82) is 0 Å². The Morgan fingerprint density at radius 1 is 1.24 bits per heavy atom. The molecule has 1 heterocycles. The van der Waals surface area contributed by atoms with Crippen LogP contribution in [0.15, 0.2) is 22.7 Å². The SMILES string of the molecule is CC1CNC(C2CCCCC2)CN1c1ccc(F)c(Br)c1. The Morgan fingerprint density at radius 3 is 2.71 bits per heavy atom. The Balaban J connectivity index is 1.74. The first-order chi connectivity index (χ1) is 10.1. The van der Waals surface area contributed by atoms with Crippen LogP contribution in [0.4, 0.5) is 10.1 Å². The maximum absolute atomic E-state index is 13.5. The number of halogens is 2. The molecule has 1 aromatic carbocycles. The summed E-state index contributed by atoms with van der Waals surface area (Å²) in [5.41, 5.74) is 1.12. The highest BCUT2D eigenvalue weighted by Gasteiger charge is 2.31. The largest absolute Gasteiger partial charge is 0.366 e. The number of nitrogens with zero attached hydrogens (tertiary/aromatic N) is 1. The molecule has 1 saturated heterocycles. The molecule has 116 valence electrons. The van der Waals surface area contributed by atoms with Crippen LogP contribution in [-0.2, 0) is 0 Å². The Labute approximate surface area is 135 Å². The molecule has 3 rings (SSSR count). The zero-order chi connectivity index (χ0) is 14.8. The van der Waals surface area contributed by atoms with Crippen molar-refractivity contribution >= 4 is 21.6 Å². The third kappa shape index (κ3) is 3.42. The Bertz CT molecular complexity index is 488. The van der Waals surface area contributed by atoms with Crippen LogP contribution in [-0.4, -0.2) is 25.2 Å². The van der Waals surface area contributed by atoms with Gasteiger partial charge in [-0.25, -0.2) is 4.39 Å². The smallest absolute Gasteiger partial charge is 0.137 e. The molecule has 21 heavy (non-hydrogen) atoms. The van der Waals surface area contributed by atoms with Gasteiger partial charge in [-0.1, -0.05) is 19.3 Å². The molecule has 2 unspecified atom stereocenters. The number of hydrogen-bond acceptors (Lipinski definition) is 2. The molecule has 0 aromatic heterocycles. The molecule has 0 bridgehead atoms. The zero-order valence-corrected chi connectivity index (χ0v) is 14.2. The van der Waals surface area contributed by atoms with Gasteiger partial charge in [-0.05, 0) is 59.8 Å². The minimum Gasteiger partial charge on any atom is -0.366 e. The van der Waals surface area contributed by atoms with Crippen molar-refractivity contribution in [2.45, 2.75) is 51.1 Å². The van der Waals surface area contributed by atoms with Crippen LogP contribution in [0.25, 0.3) is 0 Å². The van der Waals surface area contributed by atoms with Gasteiger partial charge in [0, 0.05) is 30.9 Å². The van der Waals surface area contributed by atoms with Gasteiger partial charge in [-0.3, -0.25) is 0 Å². The second-order valence-corrected chi connectivity index (χ2v) is 7.37. The topological polar surface area (TPSA) is 15.3 Å². The number of nitrogens with one attached hydrogen (secondary N) is 1. The predicted molar refractivity (Wildman–Crippen MR) is 89.3 cm³/mol. The van der Waals surface area contributed by atoms with Crippen molar-refractivity contribution in [3.05, 3.63) is 28.5 Å². The van der Waals surface area contributed by atoms with E-state index >= 15 is 0 Å². The van der Waals surface area contributed by atoms with E-state index in [9.17, 15) is 4.39 Å². The minimum atomic E-state index is -0.189. The highest BCUT2D eigenvalue weighted by Crippen LogP contribution is 2.31. The third-order valence-electron chi connectivity index (χ3n) is 5.05. The fourth-order valence-electron chi connectivity index (χ4n) is 3.76. The second-order valence-electron chi connectivity index (χ2n) is 6.51. The number of hydrogen-bond donors (Lipinski definition) is 1. The molecule has 1 N–H and O–H groups in total. The first kappa shape index (κ1) is 15.3. The van der Waals surface area contributed by atoms with Crippen LogP contribution in [0.2, 0.25) is 0 Å². The summed E-state index contributed by atoms with van der Waals surface area (Å²) in [6, 6.07) is 6.39. The summed E-state index contributed by atoms with van der Waals surface area (Å²) < 4.78 is 14.0. The van der Waals surface area contributed by atoms with Gasteiger partial charge in [0.15, 0.2) is 0 Å². The molecule has 4 heteroatoms. The second kappa shape index (κ2) is 6.66. The average Bonchev–Trinajstić information content (AvgIpc) is 2.51. The fourth-order valence-corrected chi connectivity index (χ4v) is 4.13. The van der Waals surface area contributed by atoms with Crippen molar-refractivity contribution in [3.8, 4) is 0 Å². The van der Waals surface area contributed by atoms with E-state index in [4.69, 9.17) is 0 Å². The van der Waals surface area contributed by atoms with Crippen molar-refractivity contribution in [2.75, 3.05) is 18.0 Å². The third-order valence-corrected chi connectivity index (χ3v) is 5.66. The molecular weight excluding hydrogens is 331 g/mol. The first-order valence-corrected chi connectivity index (χ1v) is 8.89. The van der Waals surface area contributed by atoms with Gasteiger partial charge >= 0.3 is 0 Å². The monoisotopic (exact) mass is 354 g/mol. The summed E-state index contributed by atoms with van der Waals surface area (Å²) in [5, 5.41) is 3.74. The quantitative estimate of drug-likeness (QED) is 0.849. The zero-order valence-electron chi connectivity index (χ0n) is 12.6. The van der Waals surface area contributed by atoms with Gasteiger partial charge in [-0.15, -0.1) is 0 Å². The van der Waals surface area contributed by atoms with E-state index in [1.165, 1.54) is 32.1 Å². The summed E-state index contributed by atoms with van der Waals surface area (Å²) in [6.07, 6.45) is 6.86. The minimum absolute atomic E-state index is 0.189. The van der Waals surface area contributed by atoms with Gasteiger partial charge in [0.2, 0.25) is 0 Å². The molecule has 0 spiro atoms. The maximum atomic E-state index is 13.5. The summed E-state index contributed by atoms with van der Waals surface area (Å²) in [4.78, 5) is 2.43. The van der Waals surface area contributed by atoms with Gasteiger partial charge < -0.3 is 10.2 Å². The number of rotatable bonds is 2. The predicted octanol–water partition coefficient (Wildman–Crippen LogP) is 4.34. The number of anilines is 1. The Morgan fingerprint density at radius 2 is 2.00 bits per heavy atom. The summed E-state index contributed by atoms with van der Waals surface area (Å²) in [6.45, 7) is 4.28. The van der Waals surface area contributed by atoms with Crippen molar-refractivity contribution < 1.29 is 4.39 Å². The van der Waals surface area contributed by atoms with Gasteiger partial charge in [0.05, 0.1) is 4.47 Å². The van der Waals surface area contributed by atoms with Crippen LogP contribution in [0.3, 0.4) is 0 Å². The molecule has 1 saturated carbocycles. The van der Waals surface area contributed by atoms with Gasteiger partial charge in [-0.2, -0.15) is 0 Å². The normalized spacial score (nSPS) is 27.9. The van der Waals surface area contributed by atoms with Crippen LogP contribution >= 0.6 is 15.9 Å². The molecule has 2 atom stereocenters. The van der Waals surface area contributed by atoms with Crippen LogP contribution in [0.1, 0.15) is 39.0 Å². The van der Waals surface area contributed by atoms with Gasteiger partial charge in [0.1, 0.15) is 5.82 Å². The van der Waals surface area contributed by atoms with Gasteiger partial charge in [0.25, 0.3) is 0 Å². The number of piperazine rings is 1. The Hall–Kier alpha value is -0.610. The molecule has 1 aliphatic heterocycles. The molecule has 0 radical (unpaired) electrons. The van der Waals surface area contributed by atoms with E-state index in [0.717, 1.165) is 24.7 Å². The standard InChI is InChI=1S/C17H24BrFN2/c1-12-10-20-17(13-5-3-2-4-6-13)11-21(12)14-7-8-16(19)15(18)9-14/h7-9,12-13,17,20H,2-6,10-11H2,1H3. The van der Waals surface area contributed by atoms with Crippen LogP contribution in [0, 0.1) is 11.7 Å². The molecular formula is C17H24BrFN2. The lowest BCUT2D eigenvalue weighted by Gasteiger charge is -2.44. The molecule has 1 aromatic rings. The molecule has 2 nitrogen and oxygen atoms in total. The molecule has 2 fully saturated rings. The van der Waals surface area contributed by atoms with E-state index < -0.39 is 0 Å². The van der Waals surface area contributed by atoms with Crippen LogP contribution < -0.4 is 10.2 Å². The van der Waals surface area contributed by atoms with Crippen LogP contribution in [0.5, 0.6) is 0 Å². The lowest BCUT2D eigenvalue weighted by atomic mass is 9.82. The van der Waals surface area contributed by atoms with Crippen molar-refractivity contribution in [3.63, 3.8) is 0 Å². The highest BCUT2D eigenvalue weighted by atomic mass is 79.9. The van der Waals surface area contributed by atoms with E-state index in [1.54, 1.807) is 6.07 Å². The lowest BCUT2D eigenvalue weighted by Crippen LogP contribution is -2.58. The van der Waals surface area contributed by atoms with Crippen molar-refractivity contribution in [2.24, 2.45) is 5.92 Å². The molecule has 1 aliphatic carbocycles. The fraction of sp³-hybridized carbons (Fsp3) is 0.647. The molecule has 2 aliphatic rings. The number of benzene rings is 1. The summed E-state index contributed by atoms with van der Waals surface area (Å²) in [7, 11) is 0. The average molecular weight is 355 g/mol. The molecule has 0 amide bonds. The highest BCUT2D eigenvalue weighted by molar-refractivity contribution is 9.10.